The molecule has 0 aliphatic carbocycles. The van der Waals surface area contributed by atoms with E-state index in [0.29, 0.717) is 5.69 Å². The fourth-order valence-corrected chi connectivity index (χ4v) is 1.34. The van der Waals surface area contributed by atoms with Crippen molar-refractivity contribution in [3.8, 4) is 0 Å². The predicted octanol–water partition coefficient (Wildman–Crippen LogP) is 1.11. The molecular weight excluding hydrogens is 194 g/mol. The van der Waals surface area contributed by atoms with Crippen LogP contribution in [0.4, 0.5) is 0 Å². The summed E-state index contributed by atoms with van der Waals surface area (Å²) in [4.78, 5) is 14.8. The lowest BCUT2D eigenvalue weighted by molar-refractivity contribution is -0.150. The van der Waals surface area contributed by atoms with Gasteiger partial charge in [0.25, 0.3) is 0 Å². The van der Waals surface area contributed by atoms with Crippen molar-refractivity contribution in [1.82, 2.24) is 4.98 Å². The van der Waals surface area contributed by atoms with Crippen LogP contribution in [0.1, 0.15) is 25.1 Å². The number of hydrogen-bond acceptors (Lipinski definition) is 3. The molecule has 0 radical (unpaired) electrons. The van der Waals surface area contributed by atoms with Crippen molar-refractivity contribution in [1.29, 1.82) is 0 Å². The summed E-state index contributed by atoms with van der Waals surface area (Å²) < 4.78 is 0. The van der Waals surface area contributed by atoms with Crippen molar-refractivity contribution < 1.29 is 15.0 Å². The Morgan fingerprint density at radius 2 is 2.13 bits per heavy atom. The van der Waals surface area contributed by atoms with Crippen molar-refractivity contribution in [2.45, 2.75) is 32.3 Å². The minimum atomic E-state index is -1.45. The Morgan fingerprint density at radius 1 is 1.53 bits per heavy atom. The molecule has 0 aliphatic rings. The summed E-state index contributed by atoms with van der Waals surface area (Å²) in [6, 6.07) is 3.61. The molecular formula is C11H15NO3. The quantitative estimate of drug-likeness (QED) is 0.782. The van der Waals surface area contributed by atoms with Gasteiger partial charge in [-0.2, -0.15) is 0 Å². The fourth-order valence-electron chi connectivity index (χ4n) is 1.34. The molecule has 2 N–H and O–H groups in total. The van der Waals surface area contributed by atoms with E-state index in [-0.39, 0.29) is 0 Å². The smallest absolute Gasteiger partial charge is 0.333 e. The topological polar surface area (TPSA) is 70.4 Å². The molecule has 0 amide bonds. The van der Waals surface area contributed by atoms with Crippen molar-refractivity contribution in [3.05, 3.63) is 29.6 Å². The van der Waals surface area contributed by atoms with Gasteiger partial charge in [-0.25, -0.2) is 4.79 Å². The minimum absolute atomic E-state index is 0.581. The first-order chi connectivity index (χ1) is 6.85. The van der Waals surface area contributed by atoms with E-state index >= 15 is 0 Å². The zero-order valence-electron chi connectivity index (χ0n) is 9.06. The highest BCUT2D eigenvalue weighted by Gasteiger charge is 2.36. The molecule has 1 atom stereocenters. The van der Waals surface area contributed by atoms with Gasteiger partial charge < -0.3 is 10.2 Å². The number of aliphatic carboxylic acids is 1. The fraction of sp³-hybridized carbons (Fsp3) is 0.455. The third-order valence-electron chi connectivity index (χ3n) is 2.49. The number of aromatic nitrogens is 1. The first kappa shape index (κ1) is 11.7. The van der Waals surface area contributed by atoms with Crippen LogP contribution in [-0.2, 0) is 10.2 Å². The molecule has 0 saturated carbocycles. The first-order valence-electron chi connectivity index (χ1n) is 4.69. The van der Waals surface area contributed by atoms with E-state index in [2.05, 4.69) is 4.98 Å². The highest BCUT2D eigenvalue weighted by atomic mass is 16.4. The summed E-state index contributed by atoms with van der Waals surface area (Å²) in [5.74, 6) is -1.23. The molecule has 1 rings (SSSR count). The Balaban J connectivity index is 3.10. The second-order valence-electron chi connectivity index (χ2n) is 4.18. The van der Waals surface area contributed by atoms with E-state index in [1.165, 1.54) is 0 Å². The highest BCUT2D eigenvalue weighted by molar-refractivity contribution is 5.74. The van der Waals surface area contributed by atoms with Gasteiger partial charge in [0.1, 0.15) is 0 Å². The zero-order valence-corrected chi connectivity index (χ0v) is 9.06. The lowest BCUT2D eigenvalue weighted by Crippen LogP contribution is -2.40. The lowest BCUT2D eigenvalue weighted by atomic mass is 9.82. The van der Waals surface area contributed by atoms with Gasteiger partial charge >= 0.3 is 5.97 Å². The number of hydrogen-bond donors (Lipinski definition) is 2. The Hall–Kier alpha value is -1.42. The van der Waals surface area contributed by atoms with Crippen molar-refractivity contribution in [3.63, 3.8) is 0 Å². The predicted molar refractivity (Wildman–Crippen MR) is 55.6 cm³/mol. The van der Waals surface area contributed by atoms with E-state index < -0.39 is 17.5 Å². The molecule has 4 heteroatoms. The average Bonchev–Trinajstić information content (AvgIpc) is 2.16. The number of aryl methyl sites for hydroxylation is 1. The maximum atomic E-state index is 10.7. The van der Waals surface area contributed by atoms with Crippen LogP contribution in [0.2, 0.25) is 0 Å². The Morgan fingerprint density at radius 3 is 2.60 bits per heavy atom. The highest BCUT2D eigenvalue weighted by Crippen LogP contribution is 2.26. The SMILES string of the molecule is Cc1ccnc(C(C)(C)C(O)C(=O)O)c1. The summed E-state index contributed by atoms with van der Waals surface area (Å²) in [6.45, 7) is 5.22. The van der Waals surface area contributed by atoms with Gasteiger partial charge in [-0.05, 0) is 24.6 Å². The van der Waals surface area contributed by atoms with Gasteiger partial charge in [0.15, 0.2) is 6.10 Å². The monoisotopic (exact) mass is 209 g/mol. The summed E-state index contributed by atoms with van der Waals surface area (Å²) in [7, 11) is 0. The molecule has 0 aliphatic heterocycles. The molecule has 1 heterocycles. The largest absolute Gasteiger partial charge is 0.479 e. The lowest BCUT2D eigenvalue weighted by Gasteiger charge is -2.27. The van der Waals surface area contributed by atoms with Crippen molar-refractivity contribution in [2.24, 2.45) is 0 Å². The van der Waals surface area contributed by atoms with E-state index in [4.69, 9.17) is 5.11 Å². The van der Waals surface area contributed by atoms with Crippen LogP contribution in [0.25, 0.3) is 0 Å². The Kier molecular flexibility index (Phi) is 3.09. The standard InChI is InChI=1S/C11H15NO3/c1-7-4-5-12-8(6-7)11(2,3)9(13)10(14)15/h4-6,9,13H,1-3H3,(H,14,15). The summed E-state index contributed by atoms with van der Waals surface area (Å²) >= 11 is 0. The van der Waals surface area contributed by atoms with Gasteiger partial charge in [0, 0.05) is 17.3 Å². The third-order valence-corrected chi connectivity index (χ3v) is 2.49. The summed E-state index contributed by atoms with van der Waals surface area (Å²) in [5, 5.41) is 18.3. The van der Waals surface area contributed by atoms with Gasteiger partial charge in [0.2, 0.25) is 0 Å². The van der Waals surface area contributed by atoms with E-state index in [0.717, 1.165) is 5.56 Å². The van der Waals surface area contributed by atoms with Crippen LogP contribution < -0.4 is 0 Å². The number of pyridine rings is 1. The number of nitrogens with zero attached hydrogens (tertiary/aromatic N) is 1. The van der Waals surface area contributed by atoms with Crippen molar-refractivity contribution >= 4 is 5.97 Å². The Bertz CT molecular complexity index is 374. The van der Waals surface area contributed by atoms with Gasteiger partial charge in [0.05, 0.1) is 0 Å². The minimum Gasteiger partial charge on any atom is -0.479 e. The molecule has 4 nitrogen and oxygen atoms in total. The molecule has 15 heavy (non-hydrogen) atoms. The van der Waals surface area contributed by atoms with Crippen LogP contribution in [-0.4, -0.2) is 27.3 Å². The van der Waals surface area contributed by atoms with Gasteiger partial charge in [-0.15, -0.1) is 0 Å². The van der Waals surface area contributed by atoms with E-state index in [9.17, 15) is 9.90 Å². The summed E-state index contributed by atoms with van der Waals surface area (Å²) in [5.41, 5.74) is 0.681. The molecule has 1 aromatic heterocycles. The number of carboxylic acids is 1. The second kappa shape index (κ2) is 3.98. The van der Waals surface area contributed by atoms with Crippen LogP contribution in [0, 0.1) is 6.92 Å². The zero-order chi connectivity index (χ0) is 11.6. The van der Waals surface area contributed by atoms with Gasteiger partial charge in [-0.3, -0.25) is 4.98 Å². The normalized spacial score (nSPS) is 13.6. The Labute approximate surface area is 88.6 Å². The molecule has 0 aromatic carbocycles. The third kappa shape index (κ3) is 2.33. The molecule has 82 valence electrons. The maximum Gasteiger partial charge on any atom is 0.333 e. The first-order valence-corrected chi connectivity index (χ1v) is 4.69. The van der Waals surface area contributed by atoms with Crippen LogP contribution in [0.15, 0.2) is 18.3 Å². The van der Waals surface area contributed by atoms with Crippen LogP contribution in [0.3, 0.4) is 0 Å². The molecule has 0 saturated heterocycles. The number of carbonyl (C=O) groups is 1. The molecule has 1 unspecified atom stereocenters. The van der Waals surface area contributed by atoms with E-state index in [1.807, 2.05) is 13.0 Å². The van der Waals surface area contributed by atoms with Gasteiger partial charge in [-0.1, -0.05) is 13.8 Å². The number of carboxylic acid groups (broad SMARTS) is 1. The number of aliphatic hydroxyl groups excluding tert-OH is 1. The number of aliphatic hydroxyl groups is 1. The van der Waals surface area contributed by atoms with Crippen LogP contribution >= 0.6 is 0 Å². The van der Waals surface area contributed by atoms with Crippen LogP contribution in [0.5, 0.6) is 0 Å². The summed E-state index contributed by atoms with van der Waals surface area (Å²) in [6.07, 6.45) is 0.160. The molecule has 1 aromatic rings. The molecule has 0 bridgehead atoms. The second-order valence-corrected chi connectivity index (χ2v) is 4.18. The molecule has 0 spiro atoms. The van der Waals surface area contributed by atoms with Crippen molar-refractivity contribution in [2.75, 3.05) is 0 Å². The average molecular weight is 209 g/mol. The molecule has 0 fully saturated rings. The van der Waals surface area contributed by atoms with E-state index in [1.54, 1.807) is 26.1 Å². The maximum absolute atomic E-state index is 10.7. The number of rotatable bonds is 3.